The number of nitriles is 1. The minimum Gasteiger partial charge on any atom is -0.508 e. The van der Waals surface area contributed by atoms with Crippen LogP contribution in [0.4, 0.5) is 0 Å². The Kier molecular flexibility index (Phi) is 28.7. The quantitative estimate of drug-likeness (QED) is 0.0330. The molecule has 1 saturated heterocycles. The van der Waals surface area contributed by atoms with Gasteiger partial charge in [-0.1, -0.05) is 153 Å². The lowest BCUT2D eigenvalue weighted by Crippen LogP contribution is -2.56. The van der Waals surface area contributed by atoms with Gasteiger partial charge in [-0.3, -0.25) is 45.0 Å². The molecule has 6 amide bonds. The van der Waals surface area contributed by atoms with Crippen molar-refractivity contribution in [3.8, 4) is 23.3 Å². The lowest BCUT2D eigenvalue weighted by atomic mass is 9.72. The fraction of sp³-hybridized carbons (Fsp3) is 0.476. The molecule has 2 heterocycles. The van der Waals surface area contributed by atoms with Crippen molar-refractivity contribution in [3.63, 3.8) is 0 Å². The van der Waals surface area contributed by atoms with E-state index >= 15 is 0 Å². The second-order valence-electron chi connectivity index (χ2n) is 32.5. The number of aromatic hydroxyl groups is 1. The Morgan fingerprint density at radius 2 is 0.897 bits per heavy atom. The van der Waals surface area contributed by atoms with Crippen LogP contribution in [0.3, 0.4) is 0 Å². The number of amides is 6. The predicted octanol–water partition coefficient (Wildman–Crippen LogP) is 11.2. The fourth-order valence-corrected chi connectivity index (χ4v) is 14.0. The number of carbonyl (C=O) groups is 6. The van der Waals surface area contributed by atoms with Crippen LogP contribution in [0, 0.1) is 89.9 Å². The van der Waals surface area contributed by atoms with Crippen LogP contribution in [0.2, 0.25) is 0 Å². The van der Waals surface area contributed by atoms with Crippen LogP contribution in [-0.4, -0.2) is 141 Å². The number of hydrogen-bond donors (Lipinski definition) is 8. The molecule has 1 fully saturated rings. The smallest absolute Gasteiger partial charge is 0.498 e. The predicted molar refractivity (Wildman–Crippen MR) is 424 cm³/mol. The average Bonchev–Trinajstić information content (AvgIpc) is 1.38. The van der Waals surface area contributed by atoms with Crippen LogP contribution in [0.15, 0.2) is 91.0 Å². The third-order valence-electron chi connectivity index (χ3n) is 19.9. The highest BCUT2D eigenvalue weighted by Gasteiger charge is 2.53. The number of nitrogens with one attached hydrogen (secondary N) is 4. The molecule has 0 bridgehead atoms. The summed E-state index contributed by atoms with van der Waals surface area (Å²) in [5.74, 6) is -1.78. The first-order valence-corrected chi connectivity index (χ1v) is 36.7. The lowest BCUT2D eigenvalue weighted by Gasteiger charge is -2.39. The second kappa shape index (κ2) is 35.4. The van der Waals surface area contributed by atoms with E-state index in [1.807, 2.05) is 180 Å². The molecule has 0 spiro atoms. The maximum Gasteiger partial charge on any atom is 0.498 e. The summed E-state index contributed by atoms with van der Waals surface area (Å²) in [6.07, 6.45) is 1.92. The zero-order valence-electron chi connectivity index (χ0n) is 67.5. The number of phenols is 1. The van der Waals surface area contributed by atoms with Gasteiger partial charge in [-0.05, 0) is 180 Å². The Morgan fingerprint density at radius 1 is 0.561 bits per heavy atom. The summed E-state index contributed by atoms with van der Waals surface area (Å²) in [5, 5.41) is 55.9. The largest absolute Gasteiger partial charge is 0.508 e. The van der Waals surface area contributed by atoms with Crippen molar-refractivity contribution in [2.75, 3.05) is 19.8 Å². The number of benzene rings is 6. The fourth-order valence-electron chi connectivity index (χ4n) is 14.0. The molecular formula is C82H115B3N8O14. The SMILES string of the molecule is CC[C@@H](N(NC(=O)c1ccc(B(O)O)c(O)c1C)C(=O)c1cc(C)cc(C)c1)C(C)(C)C.CC[C@@H](N(NC(=O)c1ccc(B2OC(C)(C)C(C)(C)O2)c(OCC#N)c1C)C(=O)c1cc(C)cc(C)c1)C(C)(C)C.CC[C@@H](N(NC(=O)c1ccc2c(c1C)OCCNB2O)C(=O)c1cc(C)cc(C)c1)C(C)(C)C.[HH]. The molecule has 0 aromatic heterocycles. The maximum atomic E-state index is 13.9. The van der Waals surface area contributed by atoms with Crippen LogP contribution >= 0.6 is 0 Å². The van der Waals surface area contributed by atoms with E-state index in [0.717, 1.165) is 33.4 Å². The van der Waals surface area contributed by atoms with Gasteiger partial charge in [-0.25, -0.2) is 15.0 Å². The Bertz CT molecular complexity index is 4240. The van der Waals surface area contributed by atoms with Gasteiger partial charge in [0.2, 0.25) is 0 Å². The summed E-state index contributed by atoms with van der Waals surface area (Å²) in [6.45, 7) is 49.5. The third kappa shape index (κ3) is 21.0. The highest BCUT2D eigenvalue weighted by Crippen LogP contribution is 2.39. The van der Waals surface area contributed by atoms with E-state index in [4.69, 9.17) is 18.8 Å². The van der Waals surface area contributed by atoms with Crippen molar-refractivity contribution < 1.29 is 69.2 Å². The first-order valence-electron chi connectivity index (χ1n) is 36.7. The van der Waals surface area contributed by atoms with Crippen LogP contribution in [0.1, 0.15) is 244 Å². The van der Waals surface area contributed by atoms with Crippen molar-refractivity contribution >= 4 is 73.1 Å². The number of carbonyl (C=O) groups excluding carboxylic acids is 6. The topological polar surface area (TPSA) is 302 Å². The van der Waals surface area contributed by atoms with Gasteiger partial charge in [-0.15, -0.1) is 0 Å². The number of fused-ring (bicyclic) bond motifs is 1. The Balaban J connectivity index is 0.000000292. The van der Waals surface area contributed by atoms with Gasteiger partial charge in [0.25, 0.3) is 35.4 Å². The third-order valence-corrected chi connectivity index (χ3v) is 19.9. The van der Waals surface area contributed by atoms with Gasteiger partial charge >= 0.3 is 21.3 Å². The molecule has 6 aromatic rings. The van der Waals surface area contributed by atoms with Crippen molar-refractivity contribution in [2.45, 2.75) is 222 Å². The first-order chi connectivity index (χ1) is 49.6. The van der Waals surface area contributed by atoms with Crippen LogP contribution < -0.4 is 47.4 Å². The van der Waals surface area contributed by atoms with Crippen molar-refractivity contribution in [1.29, 1.82) is 5.26 Å². The zero-order chi connectivity index (χ0) is 80.5. The molecule has 2 aliphatic heterocycles. The van der Waals surface area contributed by atoms with E-state index in [1.165, 1.54) is 34.1 Å². The van der Waals surface area contributed by atoms with Crippen LogP contribution in [-0.2, 0) is 9.31 Å². The molecule has 8 N–H and O–H groups in total. The number of ether oxygens (including phenoxy) is 2. The summed E-state index contributed by atoms with van der Waals surface area (Å²) in [6, 6.07) is 27.6. The number of aryl methyl sites for hydroxylation is 6. The summed E-state index contributed by atoms with van der Waals surface area (Å²) < 4.78 is 24.1. The first kappa shape index (κ1) is 86.9. The molecule has 3 atom stereocenters. The standard InChI is InChI=1S/C32H44BN3O5.C26H36BN3O4.C24H33BN2O5.H2/c1-12-26(30(5,6)7)36(29(38)23-18-20(2)17-21(3)19-23)35-28(37)24-13-14-25(27(22(24)4)39-16-15-34)33-40-31(8,9)32(10,11)41-33;1-8-22(26(5,6)7)30(25(32)19-14-16(2)13-17(3)15-19)29-24(31)20-9-10-21-23(18(20)4)34-12-11-28-27(21)33;1-8-20(24(5,6)7)27(23(30)17-12-14(2)11-15(3)13-17)26-22(29)18-9-10-19(25(31)32)21(28)16(18)4;/h13-14,17-19,26H,12,16H2,1-11H3,(H,35,37);9-10,13-15,22,28,33H,8,11-12H2,1-7H3,(H,29,31);9-13,20,28,31-32H,8H2,1-7H3,(H,26,29);1H/t26-;22-;20-;/m111./s1. The highest BCUT2D eigenvalue weighted by molar-refractivity contribution is 6.65. The molecule has 0 aliphatic carbocycles. The summed E-state index contributed by atoms with van der Waals surface area (Å²) in [7, 11) is -3.46. The van der Waals surface area contributed by atoms with Crippen molar-refractivity contribution in [1.82, 2.24) is 36.5 Å². The molecule has 6 aromatic carbocycles. The Hall–Kier alpha value is -9.02. The molecule has 0 radical (unpaired) electrons. The van der Waals surface area contributed by atoms with Crippen LogP contribution in [0.25, 0.3) is 0 Å². The summed E-state index contributed by atoms with van der Waals surface area (Å²) in [5.41, 5.74) is 17.2. The molecule has 8 rings (SSSR count). The van der Waals surface area contributed by atoms with Gasteiger partial charge in [0.1, 0.15) is 23.3 Å². The molecule has 0 saturated carbocycles. The van der Waals surface area contributed by atoms with E-state index < -0.39 is 50.2 Å². The van der Waals surface area contributed by atoms with Crippen molar-refractivity contribution in [3.05, 3.63) is 174 Å². The molecule has 107 heavy (non-hydrogen) atoms. The van der Waals surface area contributed by atoms with Gasteiger partial charge in [0, 0.05) is 74.4 Å². The molecule has 22 nitrogen and oxygen atoms in total. The highest BCUT2D eigenvalue weighted by atomic mass is 16.7. The van der Waals surface area contributed by atoms with E-state index in [1.54, 1.807) is 50.2 Å². The molecule has 2 aliphatic rings. The maximum absolute atomic E-state index is 13.9. The normalized spacial score (nSPS) is 14.6. The lowest BCUT2D eigenvalue weighted by molar-refractivity contribution is 0.00578. The average molecular weight is 1470 g/mol. The molecule has 25 heteroatoms. The van der Waals surface area contributed by atoms with Crippen molar-refractivity contribution in [2.24, 2.45) is 16.2 Å². The monoisotopic (exact) mass is 1470 g/mol. The number of hydrogen-bond acceptors (Lipinski definition) is 16. The minimum absolute atomic E-state index is 0. The summed E-state index contributed by atoms with van der Waals surface area (Å²) in [4.78, 5) is 81.8. The number of phenolic OH excluding ortho intramolecular Hbond substituents is 1. The minimum atomic E-state index is -1.86. The van der Waals surface area contributed by atoms with E-state index in [2.05, 4.69) is 42.3 Å². The van der Waals surface area contributed by atoms with Crippen LogP contribution in [0.5, 0.6) is 17.2 Å². The van der Waals surface area contributed by atoms with E-state index in [-0.39, 0.29) is 82.5 Å². The summed E-state index contributed by atoms with van der Waals surface area (Å²) >= 11 is 0. The second-order valence-corrected chi connectivity index (χ2v) is 32.5. The zero-order valence-corrected chi connectivity index (χ0v) is 67.5. The Morgan fingerprint density at radius 3 is 1.23 bits per heavy atom. The van der Waals surface area contributed by atoms with E-state index in [0.29, 0.717) is 93.8 Å². The molecule has 576 valence electrons. The van der Waals surface area contributed by atoms with E-state index in [9.17, 15) is 54.2 Å². The van der Waals surface area contributed by atoms with Gasteiger partial charge in [0.05, 0.1) is 35.9 Å². The number of nitrogens with zero attached hydrogens (tertiary/aromatic N) is 4. The molecule has 0 unspecified atom stereocenters. The number of hydrazine groups is 3. The number of rotatable bonds is 16. The van der Waals surface area contributed by atoms with Gasteiger partial charge < -0.3 is 44.2 Å². The Labute approximate surface area is 636 Å². The molecular weight excluding hydrogens is 1350 g/mol. The van der Waals surface area contributed by atoms with Gasteiger partial charge in [-0.2, -0.15) is 5.26 Å². The van der Waals surface area contributed by atoms with Gasteiger partial charge in [0.15, 0.2) is 6.61 Å².